The Balaban J connectivity index is 2.01. The molecule has 0 aliphatic rings. The second-order valence-corrected chi connectivity index (χ2v) is 5.97. The van der Waals surface area contributed by atoms with Crippen molar-refractivity contribution in [3.8, 4) is 0 Å². The largest absolute Gasteiger partial charge is 0.331 e. The number of halogens is 2. The fraction of sp³-hybridized carbons (Fsp3) is 0.188. The molecule has 110 valence electrons. The summed E-state index contributed by atoms with van der Waals surface area (Å²) in [5, 5.41) is 6.47. The average Bonchev–Trinajstić information content (AvgIpc) is 2.46. The third-order valence-corrected chi connectivity index (χ3v) is 3.81. The van der Waals surface area contributed by atoms with Crippen molar-refractivity contribution in [2.45, 2.75) is 19.4 Å². The molecule has 0 aromatic heterocycles. The van der Waals surface area contributed by atoms with Crippen LogP contribution >= 0.6 is 27.5 Å². The third kappa shape index (κ3) is 4.76. The first-order chi connectivity index (χ1) is 10.1. The Kier molecular flexibility index (Phi) is 5.65. The Morgan fingerprint density at radius 2 is 1.95 bits per heavy atom. The molecule has 2 amide bonds. The smallest absolute Gasteiger partial charge is 0.319 e. The monoisotopic (exact) mass is 366 g/mol. The molecule has 0 spiro atoms. The standard InChI is InChI=1S/C16H16BrClN2O/c1-2-15(11-6-8-13(18)9-7-11)20-16(21)19-14-5-3-4-12(17)10-14/h3-10,15H,2H2,1H3,(H2,19,20,21)/t15-/m0/s1. The summed E-state index contributed by atoms with van der Waals surface area (Å²) in [4.78, 5) is 12.1. The highest BCUT2D eigenvalue weighted by Gasteiger charge is 2.12. The number of carbonyl (C=O) groups excluding carboxylic acids is 1. The lowest BCUT2D eigenvalue weighted by Crippen LogP contribution is -2.32. The normalized spacial score (nSPS) is 11.8. The highest BCUT2D eigenvalue weighted by Crippen LogP contribution is 2.20. The van der Waals surface area contributed by atoms with Gasteiger partial charge in [0.1, 0.15) is 0 Å². The van der Waals surface area contributed by atoms with Crippen LogP contribution in [-0.4, -0.2) is 6.03 Å². The fourth-order valence-corrected chi connectivity index (χ4v) is 2.53. The van der Waals surface area contributed by atoms with Gasteiger partial charge in [-0.05, 0) is 42.3 Å². The van der Waals surface area contributed by atoms with E-state index in [2.05, 4.69) is 26.6 Å². The molecule has 2 aromatic rings. The summed E-state index contributed by atoms with van der Waals surface area (Å²) in [6, 6.07) is 14.7. The number of hydrogen-bond acceptors (Lipinski definition) is 1. The van der Waals surface area contributed by atoms with E-state index in [9.17, 15) is 4.79 Å². The van der Waals surface area contributed by atoms with Crippen LogP contribution in [0.2, 0.25) is 5.02 Å². The lowest BCUT2D eigenvalue weighted by atomic mass is 10.1. The summed E-state index contributed by atoms with van der Waals surface area (Å²) in [7, 11) is 0. The number of anilines is 1. The van der Waals surface area contributed by atoms with Crippen molar-refractivity contribution in [1.82, 2.24) is 5.32 Å². The van der Waals surface area contributed by atoms with E-state index in [4.69, 9.17) is 11.6 Å². The molecule has 0 unspecified atom stereocenters. The van der Waals surface area contributed by atoms with E-state index in [1.165, 1.54) is 0 Å². The van der Waals surface area contributed by atoms with Crippen LogP contribution < -0.4 is 10.6 Å². The second kappa shape index (κ2) is 7.48. The molecular formula is C16H16BrClN2O. The molecule has 0 radical (unpaired) electrons. The van der Waals surface area contributed by atoms with Gasteiger partial charge < -0.3 is 10.6 Å². The molecule has 21 heavy (non-hydrogen) atoms. The van der Waals surface area contributed by atoms with E-state index < -0.39 is 0 Å². The Morgan fingerprint density at radius 3 is 2.57 bits per heavy atom. The summed E-state index contributed by atoms with van der Waals surface area (Å²) < 4.78 is 0.921. The zero-order chi connectivity index (χ0) is 15.2. The van der Waals surface area contributed by atoms with Gasteiger partial charge in [-0.1, -0.05) is 52.7 Å². The van der Waals surface area contributed by atoms with Crippen molar-refractivity contribution in [2.24, 2.45) is 0 Å². The predicted molar refractivity (Wildman–Crippen MR) is 90.8 cm³/mol. The Morgan fingerprint density at radius 1 is 1.24 bits per heavy atom. The Labute approximate surface area is 137 Å². The van der Waals surface area contributed by atoms with Gasteiger partial charge in [0.2, 0.25) is 0 Å². The second-order valence-electron chi connectivity index (χ2n) is 4.62. The van der Waals surface area contributed by atoms with Crippen LogP contribution in [0.4, 0.5) is 10.5 Å². The van der Waals surface area contributed by atoms with Gasteiger partial charge >= 0.3 is 6.03 Å². The predicted octanol–water partition coefficient (Wildman–Crippen LogP) is 5.38. The van der Waals surface area contributed by atoms with E-state index in [1.54, 1.807) is 0 Å². The number of rotatable bonds is 4. The lowest BCUT2D eigenvalue weighted by Gasteiger charge is -2.18. The minimum Gasteiger partial charge on any atom is -0.331 e. The summed E-state index contributed by atoms with van der Waals surface area (Å²) in [6.07, 6.45) is 0.799. The number of nitrogens with one attached hydrogen (secondary N) is 2. The van der Waals surface area contributed by atoms with Crippen LogP contribution in [0.3, 0.4) is 0 Å². The summed E-state index contributed by atoms with van der Waals surface area (Å²) in [5.41, 5.74) is 1.78. The molecule has 0 fully saturated rings. The van der Waals surface area contributed by atoms with Gasteiger partial charge in [-0.25, -0.2) is 4.79 Å². The van der Waals surface area contributed by atoms with Crippen molar-refractivity contribution in [3.05, 3.63) is 63.6 Å². The first kappa shape index (κ1) is 15.9. The van der Waals surface area contributed by atoms with Crippen molar-refractivity contribution in [1.29, 1.82) is 0 Å². The van der Waals surface area contributed by atoms with Gasteiger partial charge in [0.15, 0.2) is 0 Å². The van der Waals surface area contributed by atoms with Crippen molar-refractivity contribution in [2.75, 3.05) is 5.32 Å². The van der Waals surface area contributed by atoms with E-state index in [1.807, 2.05) is 55.5 Å². The molecule has 0 saturated carbocycles. The molecule has 0 bridgehead atoms. The van der Waals surface area contributed by atoms with E-state index in [0.29, 0.717) is 5.02 Å². The molecule has 5 heteroatoms. The van der Waals surface area contributed by atoms with Crippen LogP contribution in [-0.2, 0) is 0 Å². The fourth-order valence-electron chi connectivity index (χ4n) is 2.01. The van der Waals surface area contributed by atoms with Gasteiger partial charge in [0, 0.05) is 15.2 Å². The maximum absolute atomic E-state index is 12.1. The van der Waals surface area contributed by atoms with Crippen LogP contribution in [0, 0.1) is 0 Å². The van der Waals surface area contributed by atoms with Crippen LogP contribution in [0.5, 0.6) is 0 Å². The summed E-state index contributed by atoms with van der Waals surface area (Å²) in [5.74, 6) is 0. The maximum Gasteiger partial charge on any atom is 0.319 e. The molecule has 0 aliphatic heterocycles. The van der Waals surface area contributed by atoms with Gasteiger partial charge in [0.25, 0.3) is 0 Å². The number of hydrogen-bond donors (Lipinski definition) is 2. The Hall–Kier alpha value is -1.52. The molecule has 2 rings (SSSR count). The molecule has 0 aliphatic carbocycles. The molecular weight excluding hydrogens is 352 g/mol. The van der Waals surface area contributed by atoms with Gasteiger partial charge in [-0.2, -0.15) is 0 Å². The minimum atomic E-state index is -0.227. The Bertz CT molecular complexity index is 616. The van der Waals surface area contributed by atoms with Crippen LogP contribution in [0.25, 0.3) is 0 Å². The SMILES string of the molecule is CC[C@H](NC(=O)Nc1cccc(Br)c1)c1ccc(Cl)cc1. The first-order valence-corrected chi connectivity index (χ1v) is 7.84. The highest BCUT2D eigenvalue weighted by molar-refractivity contribution is 9.10. The average molecular weight is 368 g/mol. The molecule has 1 atom stereocenters. The van der Waals surface area contributed by atoms with Crippen LogP contribution in [0.1, 0.15) is 24.9 Å². The topological polar surface area (TPSA) is 41.1 Å². The van der Waals surface area contributed by atoms with Crippen molar-refractivity contribution in [3.63, 3.8) is 0 Å². The molecule has 3 nitrogen and oxygen atoms in total. The van der Waals surface area contributed by atoms with Gasteiger partial charge in [-0.3, -0.25) is 0 Å². The molecule has 0 saturated heterocycles. The minimum absolute atomic E-state index is 0.0468. The first-order valence-electron chi connectivity index (χ1n) is 6.67. The number of urea groups is 1. The van der Waals surface area contributed by atoms with E-state index >= 15 is 0 Å². The maximum atomic E-state index is 12.1. The zero-order valence-electron chi connectivity index (χ0n) is 11.6. The summed E-state index contributed by atoms with van der Waals surface area (Å²) in [6.45, 7) is 2.03. The van der Waals surface area contributed by atoms with E-state index in [-0.39, 0.29) is 12.1 Å². The number of carbonyl (C=O) groups is 1. The molecule has 2 N–H and O–H groups in total. The van der Waals surface area contributed by atoms with Gasteiger partial charge in [-0.15, -0.1) is 0 Å². The van der Waals surface area contributed by atoms with Gasteiger partial charge in [0.05, 0.1) is 6.04 Å². The summed E-state index contributed by atoms with van der Waals surface area (Å²) >= 11 is 9.26. The quantitative estimate of drug-likeness (QED) is 0.749. The number of amides is 2. The van der Waals surface area contributed by atoms with E-state index in [0.717, 1.165) is 22.1 Å². The highest BCUT2D eigenvalue weighted by atomic mass is 79.9. The zero-order valence-corrected chi connectivity index (χ0v) is 13.9. The lowest BCUT2D eigenvalue weighted by molar-refractivity contribution is 0.248. The van der Waals surface area contributed by atoms with Crippen LogP contribution in [0.15, 0.2) is 53.0 Å². The van der Waals surface area contributed by atoms with Crippen molar-refractivity contribution < 1.29 is 4.79 Å². The molecule has 0 heterocycles. The molecule has 2 aromatic carbocycles. The van der Waals surface area contributed by atoms with Crippen molar-refractivity contribution >= 4 is 39.2 Å². The number of benzene rings is 2. The third-order valence-electron chi connectivity index (χ3n) is 3.07.